The van der Waals surface area contributed by atoms with E-state index < -0.39 is 109 Å². The van der Waals surface area contributed by atoms with Crippen LogP contribution in [0.3, 0.4) is 0 Å². The summed E-state index contributed by atoms with van der Waals surface area (Å²) in [5.74, 6) is -18.1. The third kappa shape index (κ3) is 37.9. The minimum absolute atomic E-state index is 0.0286. The molecule has 5 amide bonds. The third-order valence-electron chi connectivity index (χ3n) is 10.1. The monoisotopic (exact) mass is 1260 g/mol. The maximum Gasteiger partial charge on any atom is 0.490 e. The lowest BCUT2D eigenvalue weighted by molar-refractivity contribution is -0.193. The van der Waals surface area contributed by atoms with Crippen LogP contribution in [0.25, 0.3) is 0 Å². The summed E-state index contributed by atoms with van der Waals surface area (Å²) in [4.78, 5) is 151. The Bertz CT molecular complexity index is 2370. The average Bonchev–Trinajstić information content (AvgIpc) is 3.90. The summed E-state index contributed by atoms with van der Waals surface area (Å²) in [6.07, 6.45) is -17.4. The molecule has 3 rings (SSSR count). The Morgan fingerprint density at radius 1 is 0.482 bits per heavy atom. The van der Waals surface area contributed by atoms with Crippen molar-refractivity contribution in [3.8, 4) is 0 Å². The number of imide groups is 1. The van der Waals surface area contributed by atoms with Crippen LogP contribution in [-0.4, -0.2) is 265 Å². The van der Waals surface area contributed by atoms with E-state index in [0.29, 0.717) is 18.4 Å². The Kier molecular flexibility index (Phi) is 34.5. The van der Waals surface area contributed by atoms with E-state index in [2.05, 4.69) is 16.0 Å². The van der Waals surface area contributed by atoms with Gasteiger partial charge in [-0.1, -0.05) is 12.1 Å². The topological polar surface area (TPSA) is 436 Å². The van der Waals surface area contributed by atoms with Gasteiger partial charge in [-0.25, -0.2) is 24.0 Å². The Morgan fingerprint density at radius 2 is 0.824 bits per heavy atom. The normalized spacial score (nSPS) is 15.1. The number of hydrogen-bond donors (Lipinski definition) is 11. The van der Waals surface area contributed by atoms with E-state index in [1.165, 1.54) is 12.1 Å². The predicted molar refractivity (Wildman–Crippen MR) is 253 cm³/mol. The van der Waals surface area contributed by atoms with Crippen LogP contribution in [0.1, 0.15) is 35.2 Å². The number of unbranched alkanes of at least 4 members (excludes halogenated alkanes) is 1. The summed E-state index contributed by atoms with van der Waals surface area (Å²) < 4.78 is 127. The summed E-state index contributed by atoms with van der Waals surface area (Å²) in [6.45, 7) is 0.623. The fourth-order valence-corrected chi connectivity index (χ4v) is 6.10. The first-order valence-electron chi connectivity index (χ1n) is 23.3. The highest BCUT2D eigenvalue weighted by Crippen LogP contribution is 2.16. The molecule has 0 bridgehead atoms. The van der Waals surface area contributed by atoms with Gasteiger partial charge in [-0.2, -0.15) is 52.7 Å². The van der Waals surface area contributed by atoms with Crippen molar-refractivity contribution < 1.29 is 156 Å². The van der Waals surface area contributed by atoms with Gasteiger partial charge in [-0.05, 0) is 37.0 Å². The summed E-state index contributed by atoms with van der Waals surface area (Å²) in [5.41, 5.74) is 0.728. The molecule has 0 spiro atoms. The molecule has 480 valence electrons. The molecule has 0 radical (unpaired) electrons. The number of hydrogen-bond acceptors (Lipinski definition) is 17. The molecule has 0 aromatic heterocycles. The van der Waals surface area contributed by atoms with Crippen molar-refractivity contribution in [1.29, 1.82) is 0 Å². The van der Waals surface area contributed by atoms with Crippen LogP contribution in [0.5, 0.6) is 0 Å². The number of rotatable bonds is 20. The van der Waals surface area contributed by atoms with Crippen LogP contribution in [-0.2, 0) is 64.1 Å². The lowest BCUT2D eigenvalue weighted by Crippen LogP contribution is -2.49. The molecule has 0 aliphatic carbocycles. The molecular formula is C44H54F12N8O21. The molecule has 41 heteroatoms. The van der Waals surface area contributed by atoms with Gasteiger partial charge in [0.05, 0.1) is 32.7 Å². The van der Waals surface area contributed by atoms with Crippen LogP contribution in [0, 0.1) is 0 Å². The number of nitrogens with zero attached hydrogens (tertiary/aromatic N) is 5. The van der Waals surface area contributed by atoms with Gasteiger partial charge in [0.1, 0.15) is 6.04 Å². The second-order valence-corrected chi connectivity index (χ2v) is 16.8. The number of alkyl halides is 12. The van der Waals surface area contributed by atoms with Gasteiger partial charge in [-0.3, -0.25) is 62.9 Å². The molecule has 1 saturated heterocycles. The quantitative estimate of drug-likeness (QED) is 0.0454. The number of carboxylic acids is 8. The molecule has 85 heavy (non-hydrogen) atoms. The van der Waals surface area contributed by atoms with Gasteiger partial charge in [0.25, 0.3) is 17.7 Å². The second-order valence-electron chi connectivity index (χ2n) is 16.8. The highest BCUT2D eigenvalue weighted by atomic mass is 19.4. The zero-order valence-electron chi connectivity index (χ0n) is 43.4. The van der Waals surface area contributed by atoms with Crippen molar-refractivity contribution in [3.05, 3.63) is 47.5 Å². The van der Waals surface area contributed by atoms with Crippen LogP contribution in [0.4, 0.5) is 52.7 Å². The third-order valence-corrected chi connectivity index (χ3v) is 10.1. The van der Waals surface area contributed by atoms with Gasteiger partial charge >= 0.3 is 72.5 Å². The molecule has 29 nitrogen and oxygen atoms in total. The lowest BCUT2D eigenvalue weighted by atomic mass is 10.1. The minimum atomic E-state index is -5.08. The number of benzene rings is 1. The molecule has 2 aliphatic rings. The molecule has 1 aromatic carbocycles. The van der Waals surface area contributed by atoms with Gasteiger partial charge in [0, 0.05) is 83.2 Å². The van der Waals surface area contributed by atoms with Crippen LogP contribution in [0.2, 0.25) is 0 Å². The number of amides is 5. The second kappa shape index (κ2) is 37.5. The molecule has 11 N–H and O–H groups in total. The van der Waals surface area contributed by atoms with E-state index in [9.17, 15) is 116 Å². The molecule has 2 heterocycles. The maximum absolute atomic E-state index is 13.1. The fourth-order valence-electron chi connectivity index (χ4n) is 6.10. The molecular weight excluding hydrogens is 1200 g/mol. The average molecular weight is 1260 g/mol. The zero-order chi connectivity index (χ0) is 66.2. The van der Waals surface area contributed by atoms with E-state index in [4.69, 9.17) is 39.6 Å². The molecule has 2 aliphatic heterocycles. The molecule has 1 aromatic rings. The number of carboxylic acid groups (broad SMARTS) is 8. The summed E-state index contributed by atoms with van der Waals surface area (Å²) in [6, 6.07) is 5.00. The Labute approximate surface area is 469 Å². The predicted octanol–water partition coefficient (Wildman–Crippen LogP) is -0.294. The first-order chi connectivity index (χ1) is 38.9. The Morgan fingerprint density at radius 3 is 1.14 bits per heavy atom. The van der Waals surface area contributed by atoms with Gasteiger partial charge in [-0.15, -0.1) is 0 Å². The largest absolute Gasteiger partial charge is 0.490 e. The van der Waals surface area contributed by atoms with Crippen LogP contribution < -0.4 is 16.0 Å². The maximum atomic E-state index is 13.1. The van der Waals surface area contributed by atoms with E-state index in [1.807, 2.05) is 0 Å². The Hall–Kier alpha value is -8.73. The first-order valence-corrected chi connectivity index (χ1v) is 23.3. The number of aliphatic carboxylic acids is 8. The van der Waals surface area contributed by atoms with Gasteiger partial charge in [0.15, 0.2) is 0 Å². The van der Waals surface area contributed by atoms with Crippen molar-refractivity contribution in [2.24, 2.45) is 0 Å². The molecule has 1 atom stereocenters. The van der Waals surface area contributed by atoms with Crippen LogP contribution >= 0.6 is 0 Å². The van der Waals surface area contributed by atoms with Crippen molar-refractivity contribution in [2.75, 3.05) is 91.6 Å². The van der Waals surface area contributed by atoms with E-state index >= 15 is 0 Å². The standard InChI is InChI=1S/C36H50N8O13.4C2HF3O2/c45-28(39-27(36(56)57)6-1-2-9-44-30(47)7-8-31(44)48)20-38-35(55)26-5-3-4-25(18-26)19-37-29(46)21-40-10-12-41(22-32(49)50)14-16-43(24-34(53)54)17-15-42(13-11-40)23-33(51)52;4*3-2(4,5)1(6)7/h3-5,7-8,18,27H,1-2,6,9-17,19-24H2,(H,37,46)(H,38,55)(H,39,45)(H,49,50)(H,51,52)(H,53,54)(H,56,57);4*(H,6,7). The van der Waals surface area contributed by atoms with E-state index in [0.717, 1.165) is 17.1 Å². The van der Waals surface area contributed by atoms with Crippen LogP contribution in [0.15, 0.2) is 36.4 Å². The Balaban J connectivity index is 0. The van der Waals surface area contributed by atoms with Crippen molar-refractivity contribution in [3.63, 3.8) is 0 Å². The molecule has 1 unspecified atom stereocenters. The SMILES string of the molecule is O=C(O)C(F)(F)F.O=C(O)C(F)(F)F.O=C(O)C(F)(F)F.O=C(O)C(F)(F)F.O=C(O)CN1CCN(CC(=O)O)CCN(CC(=O)NCc2cccc(C(=O)NCC(=O)NC(CCCCN3C(=O)C=CC3=O)C(=O)O)c2)CCN(CC(=O)O)CC1. The van der Waals surface area contributed by atoms with Crippen molar-refractivity contribution >= 4 is 77.3 Å². The molecule has 1 fully saturated rings. The van der Waals surface area contributed by atoms with Crippen molar-refractivity contribution in [2.45, 2.75) is 56.6 Å². The number of nitrogens with one attached hydrogen (secondary N) is 3. The number of carbonyl (C=O) groups is 13. The molecule has 0 saturated carbocycles. The summed E-state index contributed by atoms with van der Waals surface area (Å²) >= 11 is 0. The lowest BCUT2D eigenvalue weighted by Gasteiger charge is -2.32. The number of carbonyl (C=O) groups excluding carboxylic acids is 5. The zero-order valence-corrected chi connectivity index (χ0v) is 43.4. The van der Waals surface area contributed by atoms with Crippen molar-refractivity contribution in [1.82, 2.24) is 40.4 Å². The van der Waals surface area contributed by atoms with Gasteiger partial charge < -0.3 is 56.8 Å². The summed E-state index contributed by atoms with van der Waals surface area (Å²) in [7, 11) is 0. The van der Waals surface area contributed by atoms with Gasteiger partial charge in [0.2, 0.25) is 11.8 Å². The fraction of sp³-hybridized carbons (Fsp3) is 0.523. The highest BCUT2D eigenvalue weighted by molar-refractivity contribution is 6.12. The number of halogens is 12. The highest BCUT2D eigenvalue weighted by Gasteiger charge is 2.40. The van der Waals surface area contributed by atoms with E-state index in [-0.39, 0.29) is 110 Å². The first kappa shape index (κ1) is 78.3. The summed E-state index contributed by atoms with van der Waals surface area (Å²) in [5, 5.41) is 73.8. The van der Waals surface area contributed by atoms with E-state index in [1.54, 1.807) is 31.7 Å². The minimum Gasteiger partial charge on any atom is -0.480 e. The smallest absolute Gasteiger partial charge is 0.480 e.